The van der Waals surface area contributed by atoms with Gasteiger partial charge < -0.3 is 10.1 Å². The topological polar surface area (TPSA) is 119 Å². The maximum absolute atomic E-state index is 12.7. The molecule has 32 heavy (non-hydrogen) atoms. The van der Waals surface area contributed by atoms with Gasteiger partial charge in [0.2, 0.25) is 21.1 Å². The van der Waals surface area contributed by atoms with Crippen molar-refractivity contribution >= 4 is 27.7 Å². The number of benzene rings is 1. The molecular formula is C20H28N6O4S2. The molecule has 1 amide bonds. The lowest BCUT2D eigenvalue weighted by Crippen LogP contribution is -2.40. The largest absolute Gasteiger partial charge is 0.379 e. The average Bonchev–Trinajstić information content (AvgIpc) is 3.31. The summed E-state index contributed by atoms with van der Waals surface area (Å²) in [4.78, 5) is 12.6. The van der Waals surface area contributed by atoms with Gasteiger partial charge in [-0.25, -0.2) is 13.1 Å². The van der Waals surface area contributed by atoms with E-state index in [0.717, 1.165) is 18.4 Å². The van der Waals surface area contributed by atoms with Crippen LogP contribution in [0.4, 0.5) is 0 Å². The van der Waals surface area contributed by atoms with Crippen LogP contribution in [0, 0.1) is 0 Å². The predicted octanol–water partition coefficient (Wildman–Crippen LogP) is 1.61. The fourth-order valence-corrected chi connectivity index (χ4v) is 6.11. The number of carbonyl (C=O) groups excluding carboxylic acids is 1. The van der Waals surface area contributed by atoms with E-state index in [1.54, 1.807) is 24.3 Å². The number of aromatic nitrogens is 4. The molecule has 1 aliphatic carbocycles. The Balaban J connectivity index is 1.26. The number of nitrogens with one attached hydrogen (secondary N) is 1. The standard InChI is InChI=1S/C20H28N6O4S2/c27-19(15-31-20-22-23-24-26(20)17-4-2-1-3-5-17)21-14-16-6-8-18(9-7-16)32(28,29)25-10-12-30-13-11-25/h6-9,17H,1-5,10-15H2,(H,21,27). The number of thioether (sulfide) groups is 1. The number of rotatable bonds is 8. The molecule has 1 saturated heterocycles. The third kappa shape index (κ3) is 5.66. The molecule has 0 unspecified atom stereocenters. The molecule has 1 N–H and O–H groups in total. The normalized spacial score (nSPS) is 18.5. The zero-order chi connectivity index (χ0) is 22.4. The van der Waals surface area contributed by atoms with E-state index in [0.29, 0.717) is 44.0 Å². The van der Waals surface area contributed by atoms with Crippen molar-refractivity contribution in [3.63, 3.8) is 0 Å². The molecular weight excluding hydrogens is 452 g/mol. The van der Waals surface area contributed by atoms with Crippen molar-refractivity contribution in [2.75, 3.05) is 32.1 Å². The van der Waals surface area contributed by atoms with Gasteiger partial charge in [0.15, 0.2) is 0 Å². The Morgan fingerprint density at radius 2 is 1.84 bits per heavy atom. The molecule has 0 radical (unpaired) electrons. The minimum atomic E-state index is -3.52. The fraction of sp³-hybridized carbons (Fsp3) is 0.600. The number of sulfonamides is 1. The van der Waals surface area contributed by atoms with E-state index >= 15 is 0 Å². The van der Waals surface area contributed by atoms with Crippen molar-refractivity contribution in [2.45, 2.75) is 54.7 Å². The Bertz CT molecular complexity index is 999. The Kier molecular flexibility index (Phi) is 7.76. The van der Waals surface area contributed by atoms with Gasteiger partial charge in [-0.2, -0.15) is 4.31 Å². The van der Waals surface area contributed by atoms with Crippen LogP contribution in [-0.4, -0.2) is 70.9 Å². The van der Waals surface area contributed by atoms with E-state index in [4.69, 9.17) is 4.74 Å². The van der Waals surface area contributed by atoms with Gasteiger partial charge in [-0.1, -0.05) is 43.2 Å². The van der Waals surface area contributed by atoms with Crippen molar-refractivity contribution in [3.05, 3.63) is 29.8 Å². The van der Waals surface area contributed by atoms with E-state index in [1.165, 1.54) is 35.3 Å². The number of hydrogen-bond acceptors (Lipinski definition) is 8. The minimum Gasteiger partial charge on any atom is -0.379 e. The molecule has 174 valence electrons. The van der Waals surface area contributed by atoms with Crippen molar-refractivity contribution < 1.29 is 17.9 Å². The van der Waals surface area contributed by atoms with Gasteiger partial charge in [-0.3, -0.25) is 4.79 Å². The maximum Gasteiger partial charge on any atom is 0.243 e. The van der Waals surface area contributed by atoms with Crippen molar-refractivity contribution in [2.24, 2.45) is 0 Å². The van der Waals surface area contributed by atoms with E-state index in [2.05, 4.69) is 20.8 Å². The molecule has 0 spiro atoms. The lowest BCUT2D eigenvalue weighted by atomic mass is 9.96. The van der Waals surface area contributed by atoms with Crippen LogP contribution in [-0.2, 0) is 26.1 Å². The summed E-state index contributed by atoms with van der Waals surface area (Å²) >= 11 is 1.33. The third-order valence-corrected chi connectivity index (χ3v) is 8.58. The molecule has 12 heteroatoms. The van der Waals surface area contributed by atoms with Gasteiger partial charge in [-0.05, 0) is 41.0 Å². The summed E-state index contributed by atoms with van der Waals surface area (Å²) in [7, 11) is -3.52. The molecule has 1 aromatic heterocycles. The van der Waals surface area contributed by atoms with E-state index in [1.807, 2.05) is 4.68 Å². The third-order valence-electron chi connectivity index (χ3n) is 5.74. The molecule has 2 heterocycles. The first-order chi connectivity index (χ1) is 15.5. The Morgan fingerprint density at radius 1 is 1.12 bits per heavy atom. The van der Waals surface area contributed by atoms with Crippen LogP contribution in [0.1, 0.15) is 43.7 Å². The van der Waals surface area contributed by atoms with Gasteiger partial charge in [0.1, 0.15) is 0 Å². The quantitative estimate of drug-likeness (QED) is 0.566. The maximum atomic E-state index is 12.7. The summed E-state index contributed by atoms with van der Waals surface area (Å²) in [6.45, 7) is 1.87. The van der Waals surface area contributed by atoms with Gasteiger partial charge in [-0.15, -0.1) is 5.10 Å². The monoisotopic (exact) mass is 480 g/mol. The zero-order valence-corrected chi connectivity index (χ0v) is 19.5. The molecule has 2 aromatic rings. The van der Waals surface area contributed by atoms with Crippen LogP contribution < -0.4 is 5.32 Å². The lowest BCUT2D eigenvalue weighted by molar-refractivity contribution is -0.118. The Labute approximate surface area is 192 Å². The van der Waals surface area contributed by atoms with Crippen LogP contribution in [0.15, 0.2) is 34.3 Å². The number of carbonyl (C=O) groups is 1. The number of amides is 1. The first kappa shape index (κ1) is 23.1. The molecule has 2 aliphatic rings. The second-order valence-electron chi connectivity index (χ2n) is 7.92. The van der Waals surface area contributed by atoms with E-state index in [9.17, 15) is 13.2 Å². The van der Waals surface area contributed by atoms with E-state index in [-0.39, 0.29) is 16.6 Å². The van der Waals surface area contributed by atoms with Crippen LogP contribution in [0.25, 0.3) is 0 Å². The summed E-state index contributed by atoms with van der Waals surface area (Å²) in [6.07, 6.45) is 5.76. The molecule has 1 saturated carbocycles. The number of hydrogen-bond donors (Lipinski definition) is 1. The van der Waals surface area contributed by atoms with Gasteiger partial charge >= 0.3 is 0 Å². The van der Waals surface area contributed by atoms with Gasteiger partial charge in [0, 0.05) is 19.6 Å². The van der Waals surface area contributed by atoms with Crippen molar-refractivity contribution in [1.29, 1.82) is 0 Å². The number of tetrazole rings is 1. The Morgan fingerprint density at radius 3 is 2.56 bits per heavy atom. The highest BCUT2D eigenvalue weighted by Crippen LogP contribution is 2.30. The molecule has 0 atom stereocenters. The molecule has 0 bridgehead atoms. The molecule has 1 aliphatic heterocycles. The van der Waals surface area contributed by atoms with E-state index < -0.39 is 10.0 Å². The van der Waals surface area contributed by atoms with Crippen LogP contribution >= 0.6 is 11.8 Å². The Hall–Kier alpha value is -2.02. The first-order valence-corrected chi connectivity index (χ1v) is 13.3. The summed E-state index contributed by atoms with van der Waals surface area (Å²) in [5.41, 5.74) is 0.830. The van der Waals surface area contributed by atoms with Crippen molar-refractivity contribution in [3.8, 4) is 0 Å². The summed E-state index contributed by atoms with van der Waals surface area (Å²) in [5.74, 6) is 0.0922. The zero-order valence-electron chi connectivity index (χ0n) is 17.9. The smallest absolute Gasteiger partial charge is 0.243 e. The molecule has 1 aromatic carbocycles. The molecule has 4 rings (SSSR count). The van der Waals surface area contributed by atoms with Crippen LogP contribution in [0.5, 0.6) is 0 Å². The molecule has 2 fully saturated rings. The number of morpholine rings is 1. The molecule has 10 nitrogen and oxygen atoms in total. The summed E-state index contributed by atoms with van der Waals surface area (Å²) in [6, 6.07) is 6.93. The van der Waals surface area contributed by atoms with Crippen LogP contribution in [0.3, 0.4) is 0 Å². The predicted molar refractivity (Wildman–Crippen MR) is 119 cm³/mol. The summed E-state index contributed by atoms with van der Waals surface area (Å²) < 4.78 is 33.9. The van der Waals surface area contributed by atoms with Crippen molar-refractivity contribution in [1.82, 2.24) is 29.8 Å². The number of nitrogens with zero attached hydrogens (tertiary/aromatic N) is 5. The van der Waals surface area contributed by atoms with Gasteiger partial charge in [0.25, 0.3) is 0 Å². The summed E-state index contributed by atoms with van der Waals surface area (Å²) in [5, 5.41) is 15.5. The van der Waals surface area contributed by atoms with Crippen LogP contribution in [0.2, 0.25) is 0 Å². The highest BCUT2D eigenvalue weighted by molar-refractivity contribution is 7.99. The second-order valence-corrected chi connectivity index (χ2v) is 10.8. The average molecular weight is 481 g/mol. The number of ether oxygens (including phenoxy) is 1. The lowest BCUT2D eigenvalue weighted by Gasteiger charge is -2.26. The highest BCUT2D eigenvalue weighted by atomic mass is 32.2. The fourth-order valence-electron chi connectivity index (χ4n) is 3.93. The second kappa shape index (κ2) is 10.7. The minimum absolute atomic E-state index is 0.127. The highest BCUT2D eigenvalue weighted by Gasteiger charge is 2.26. The first-order valence-electron chi connectivity index (χ1n) is 10.9. The SMILES string of the molecule is O=C(CSc1nnnn1C1CCCCC1)NCc1ccc(S(=O)(=O)N2CCOCC2)cc1. The van der Waals surface area contributed by atoms with Gasteiger partial charge in [0.05, 0.1) is 29.9 Å².